The van der Waals surface area contributed by atoms with Gasteiger partial charge >= 0.3 is 0 Å². The zero-order valence-corrected chi connectivity index (χ0v) is 20.4. The van der Waals surface area contributed by atoms with E-state index in [0.29, 0.717) is 5.75 Å². The lowest BCUT2D eigenvalue weighted by molar-refractivity contribution is -0.119. The Morgan fingerprint density at radius 3 is 2.19 bits per heavy atom. The SMILES string of the molecule is CC(C)Oc1cccc(CNC(=O)CN(c2ccc(S(=O)(=O)N(C)C)cc2)S(C)(=O)=O)c1. The summed E-state index contributed by atoms with van der Waals surface area (Å²) in [6, 6.07) is 12.6. The van der Waals surface area contributed by atoms with Crippen molar-refractivity contribution < 1.29 is 26.4 Å². The van der Waals surface area contributed by atoms with Gasteiger partial charge in [-0.15, -0.1) is 0 Å². The number of anilines is 1. The van der Waals surface area contributed by atoms with Gasteiger partial charge in [0.05, 0.1) is 22.9 Å². The summed E-state index contributed by atoms with van der Waals surface area (Å²) in [4.78, 5) is 12.5. The number of sulfonamides is 2. The molecule has 0 heterocycles. The average Bonchev–Trinajstić information content (AvgIpc) is 2.69. The zero-order valence-electron chi connectivity index (χ0n) is 18.8. The van der Waals surface area contributed by atoms with E-state index in [1.165, 1.54) is 38.4 Å². The second kappa shape index (κ2) is 10.3. The summed E-state index contributed by atoms with van der Waals surface area (Å²) >= 11 is 0. The van der Waals surface area contributed by atoms with Gasteiger partial charge in [0.1, 0.15) is 12.3 Å². The summed E-state index contributed by atoms with van der Waals surface area (Å²) in [6.07, 6.45) is 1.000. The fourth-order valence-corrected chi connectivity index (χ4v) is 4.54. The van der Waals surface area contributed by atoms with Gasteiger partial charge in [-0.1, -0.05) is 12.1 Å². The number of ether oxygens (including phenoxy) is 1. The summed E-state index contributed by atoms with van der Waals surface area (Å²) in [6.45, 7) is 3.58. The molecule has 1 N–H and O–H groups in total. The molecule has 0 spiro atoms. The van der Waals surface area contributed by atoms with Crippen LogP contribution in [0, 0.1) is 0 Å². The number of carbonyl (C=O) groups is 1. The van der Waals surface area contributed by atoms with Gasteiger partial charge in [-0.25, -0.2) is 21.1 Å². The van der Waals surface area contributed by atoms with Crippen LogP contribution in [0.4, 0.5) is 5.69 Å². The van der Waals surface area contributed by atoms with Gasteiger partial charge in [0, 0.05) is 20.6 Å². The molecule has 32 heavy (non-hydrogen) atoms. The zero-order chi connectivity index (χ0) is 24.1. The predicted octanol–water partition coefficient (Wildman–Crippen LogP) is 1.81. The lowest BCUT2D eigenvalue weighted by Gasteiger charge is -2.22. The van der Waals surface area contributed by atoms with Crippen molar-refractivity contribution in [2.45, 2.75) is 31.4 Å². The van der Waals surface area contributed by atoms with Crippen molar-refractivity contribution in [1.29, 1.82) is 0 Å². The molecule has 9 nitrogen and oxygen atoms in total. The molecule has 176 valence electrons. The fraction of sp³-hybridized carbons (Fsp3) is 0.381. The highest BCUT2D eigenvalue weighted by atomic mass is 32.2. The molecule has 2 aromatic carbocycles. The lowest BCUT2D eigenvalue weighted by Crippen LogP contribution is -2.40. The fourth-order valence-electron chi connectivity index (χ4n) is 2.78. The van der Waals surface area contributed by atoms with Crippen molar-refractivity contribution in [2.24, 2.45) is 0 Å². The quantitative estimate of drug-likeness (QED) is 0.551. The molecule has 0 aromatic heterocycles. The van der Waals surface area contributed by atoms with E-state index in [2.05, 4.69) is 5.32 Å². The maximum atomic E-state index is 12.5. The van der Waals surface area contributed by atoms with Crippen LogP contribution in [0.3, 0.4) is 0 Å². The normalized spacial score (nSPS) is 12.1. The molecule has 0 radical (unpaired) electrons. The summed E-state index contributed by atoms with van der Waals surface area (Å²) in [5.41, 5.74) is 0.994. The number of hydrogen-bond donors (Lipinski definition) is 1. The molecule has 0 fully saturated rings. The third-order valence-electron chi connectivity index (χ3n) is 4.35. The van der Waals surface area contributed by atoms with Crippen molar-refractivity contribution in [3.63, 3.8) is 0 Å². The number of rotatable bonds is 10. The van der Waals surface area contributed by atoms with Crippen LogP contribution >= 0.6 is 0 Å². The Hall–Kier alpha value is -2.63. The second-order valence-corrected chi connectivity index (χ2v) is 11.7. The summed E-state index contributed by atoms with van der Waals surface area (Å²) in [5, 5.41) is 2.70. The molecular formula is C21H29N3O6S2. The minimum atomic E-state index is -3.79. The third-order valence-corrected chi connectivity index (χ3v) is 7.32. The maximum Gasteiger partial charge on any atom is 0.242 e. The highest BCUT2D eigenvalue weighted by Gasteiger charge is 2.22. The van der Waals surface area contributed by atoms with E-state index >= 15 is 0 Å². The molecule has 0 bridgehead atoms. The first-order valence-corrected chi connectivity index (χ1v) is 13.1. The minimum absolute atomic E-state index is 0.0160. The van der Waals surface area contributed by atoms with E-state index in [1.807, 2.05) is 32.0 Å². The molecule has 0 unspecified atom stereocenters. The Labute approximate surface area is 190 Å². The molecule has 0 aliphatic heterocycles. The Kier molecular flexibility index (Phi) is 8.27. The minimum Gasteiger partial charge on any atom is -0.491 e. The van der Waals surface area contributed by atoms with Gasteiger partial charge < -0.3 is 10.1 Å². The maximum absolute atomic E-state index is 12.5. The summed E-state index contributed by atoms with van der Waals surface area (Å²) < 4.78 is 56.6. The predicted molar refractivity (Wildman–Crippen MR) is 124 cm³/mol. The standard InChI is InChI=1S/C21H29N3O6S2/c1-16(2)30-19-8-6-7-17(13-19)14-22-21(25)15-24(31(5,26)27)18-9-11-20(12-10-18)32(28,29)23(3)4/h6-13,16H,14-15H2,1-5H3,(H,22,25). The number of benzene rings is 2. The van der Waals surface area contributed by atoms with Crippen molar-refractivity contribution in [1.82, 2.24) is 9.62 Å². The number of nitrogens with one attached hydrogen (secondary N) is 1. The number of amides is 1. The highest BCUT2D eigenvalue weighted by Crippen LogP contribution is 2.21. The van der Waals surface area contributed by atoms with E-state index in [9.17, 15) is 21.6 Å². The Morgan fingerprint density at radius 2 is 1.66 bits per heavy atom. The topological polar surface area (TPSA) is 113 Å². The van der Waals surface area contributed by atoms with Crippen LogP contribution in [0.2, 0.25) is 0 Å². The Bertz CT molecular complexity index is 1140. The van der Waals surface area contributed by atoms with E-state index in [-0.39, 0.29) is 23.2 Å². The van der Waals surface area contributed by atoms with Gasteiger partial charge in [0.15, 0.2) is 0 Å². The summed E-state index contributed by atoms with van der Waals surface area (Å²) in [5.74, 6) is 0.174. The van der Waals surface area contributed by atoms with Crippen LogP contribution < -0.4 is 14.4 Å². The molecule has 0 atom stereocenters. The lowest BCUT2D eigenvalue weighted by atomic mass is 10.2. The molecule has 0 aliphatic rings. The molecule has 0 saturated carbocycles. The average molecular weight is 484 g/mol. The van der Waals surface area contributed by atoms with E-state index < -0.39 is 32.5 Å². The van der Waals surface area contributed by atoms with Crippen LogP contribution in [0.1, 0.15) is 19.4 Å². The smallest absolute Gasteiger partial charge is 0.242 e. The summed E-state index contributed by atoms with van der Waals surface area (Å²) in [7, 11) is -4.63. The van der Waals surface area contributed by atoms with Crippen molar-refractivity contribution in [2.75, 3.05) is 31.2 Å². The number of carbonyl (C=O) groups excluding carboxylic acids is 1. The van der Waals surface area contributed by atoms with Crippen molar-refractivity contribution >= 4 is 31.6 Å². The van der Waals surface area contributed by atoms with E-state index in [4.69, 9.17) is 4.74 Å². The van der Waals surface area contributed by atoms with Crippen LogP contribution in [0.15, 0.2) is 53.4 Å². The molecule has 2 aromatic rings. The van der Waals surface area contributed by atoms with Crippen molar-refractivity contribution in [3.8, 4) is 5.75 Å². The number of nitrogens with zero attached hydrogens (tertiary/aromatic N) is 2. The molecule has 1 amide bonds. The van der Waals surface area contributed by atoms with Crippen LogP contribution in [0.25, 0.3) is 0 Å². The van der Waals surface area contributed by atoms with Crippen molar-refractivity contribution in [3.05, 3.63) is 54.1 Å². The first kappa shape index (κ1) is 25.6. The van der Waals surface area contributed by atoms with Gasteiger partial charge in [-0.3, -0.25) is 9.10 Å². The first-order chi connectivity index (χ1) is 14.8. The third kappa shape index (κ3) is 6.94. The molecule has 2 rings (SSSR count). The van der Waals surface area contributed by atoms with E-state index in [0.717, 1.165) is 20.4 Å². The Balaban J connectivity index is 2.12. The van der Waals surface area contributed by atoms with Gasteiger partial charge in [-0.05, 0) is 55.8 Å². The van der Waals surface area contributed by atoms with Gasteiger partial charge in [0.25, 0.3) is 0 Å². The molecular weight excluding hydrogens is 454 g/mol. The molecule has 11 heteroatoms. The highest BCUT2D eigenvalue weighted by molar-refractivity contribution is 7.92. The molecule has 0 saturated heterocycles. The van der Waals surface area contributed by atoms with Gasteiger partial charge in [-0.2, -0.15) is 0 Å². The monoisotopic (exact) mass is 483 g/mol. The second-order valence-electron chi connectivity index (χ2n) is 7.64. The van der Waals surface area contributed by atoms with Gasteiger partial charge in [0.2, 0.25) is 26.0 Å². The van der Waals surface area contributed by atoms with E-state index in [1.54, 1.807) is 6.07 Å². The number of hydrogen-bond acceptors (Lipinski definition) is 6. The van der Waals surface area contributed by atoms with Crippen LogP contribution in [-0.4, -0.2) is 60.0 Å². The largest absolute Gasteiger partial charge is 0.491 e. The van der Waals surface area contributed by atoms with Crippen LogP contribution in [0.5, 0.6) is 5.75 Å². The Morgan fingerprint density at radius 1 is 1.03 bits per heavy atom. The first-order valence-electron chi connectivity index (χ1n) is 9.83. The molecule has 0 aliphatic carbocycles. The van der Waals surface area contributed by atoms with Crippen LogP contribution in [-0.2, 0) is 31.4 Å².